The number of nitrogens with zero attached hydrogens (tertiary/aromatic N) is 3. The smallest absolute Gasteiger partial charge is 0.244 e. The number of carbonyl (C=O) groups excluding carboxylic acids is 1. The first-order valence-corrected chi connectivity index (χ1v) is 12.1. The summed E-state index contributed by atoms with van der Waals surface area (Å²) >= 11 is 0. The maximum atomic E-state index is 13.0. The van der Waals surface area contributed by atoms with Gasteiger partial charge in [0.25, 0.3) is 0 Å². The molecule has 0 aliphatic heterocycles. The van der Waals surface area contributed by atoms with Crippen LogP contribution in [0.3, 0.4) is 0 Å². The van der Waals surface area contributed by atoms with Gasteiger partial charge in [0, 0.05) is 40.9 Å². The van der Waals surface area contributed by atoms with Crippen LogP contribution in [0.4, 0.5) is 15.9 Å². The lowest BCUT2D eigenvalue weighted by atomic mass is 10.1. The molecule has 2 unspecified atom stereocenters. The number of rotatable bonds is 7. The number of H-pyrrole nitrogens is 1. The molecule has 1 saturated carbocycles. The zero-order chi connectivity index (χ0) is 26.1. The number of carbonyl (C=O) groups is 1. The van der Waals surface area contributed by atoms with Gasteiger partial charge in [-0.3, -0.25) is 9.89 Å². The molecule has 0 radical (unpaired) electrons. The van der Waals surface area contributed by atoms with Crippen molar-refractivity contribution in [2.24, 2.45) is 0 Å². The zero-order valence-corrected chi connectivity index (χ0v) is 20.1. The maximum Gasteiger partial charge on any atom is 0.244 e. The van der Waals surface area contributed by atoms with E-state index in [1.165, 1.54) is 6.08 Å². The number of phenolic OH excluding ortho intramolecular Hbond substituents is 1. The van der Waals surface area contributed by atoms with Gasteiger partial charge in [-0.05, 0) is 53.6 Å². The first kappa shape index (κ1) is 23.4. The lowest BCUT2D eigenvalue weighted by Crippen LogP contribution is -2.24. The largest absolute Gasteiger partial charge is 0.508 e. The van der Waals surface area contributed by atoms with Gasteiger partial charge < -0.3 is 15.7 Å². The average molecular weight is 507 g/mol. The van der Waals surface area contributed by atoms with Crippen molar-refractivity contribution < 1.29 is 14.3 Å². The number of phenols is 1. The Bertz CT molecular complexity index is 1650. The predicted molar refractivity (Wildman–Crippen MR) is 144 cm³/mol. The number of hydrogen-bond donors (Lipinski definition) is 4. The van der Waals surface area contributed by atoms with Crippen LogP contribution in [-0.4, -0.2) is 43.4 Å². The molecule has 188 valence electrons. The Morgan fingerprint density at radius 2 is 1.87 bits per heavy atom. The summed E-state index contributed by atoms with van der Waals surface area (Å²) < 4.78 is 13.0. The average Bonchev–Trinajstić information content (AvgIpc) is 3.36. The Morgan fingerprint density at radius 3 is 2.63 bits per heavy atom. The molecule has 4 N–H and O–H groups in total. The summed E-state index contributed by atoms with van der Waals surface area (Å²) in [5, 5.41) is 23.6. The second-order valence-corrected chi connectivity index (χ2v) is 9.11. The zero-order valence-electron chi connectivity index (χ0n) is 20.1. The molecule has 2 aromatic heterocycles. The third-order valence-electron chi connectivity index (χ3n) is 6.27. The monoisotopic (exact) mass is 506 g/mol. The summed E-state index contributed by atoms with van der Waals surface area (Å²) in [4.78, 5) is 21.5. The molecule has 6 rings (SSSR count). The van der Waals surface area contributed by atoms with Crippen LogP contribution < -0.4 is 10.6 Å². The number of amides is 1. The first-order valence-electron chi connectivity index (χ1n) is 12.1. The second-order valence-electron chi connectivity index (χ2n) is 9.11. The number of benzene rings is 3. The third kappa shape index (κ3) is 5.08. The Labute approximate surface area is 217 Å². The Kier molecular flexibility index (Phi) is 6.01. The Hall–Kier alpha value is -5.05. The number of halogens is 1. The molecule has 1 aliphatic rings. The van der Waals surface area contributed by atoms with Crippen LogP contribution in [0.5, 0.6) is 5.75 Å². The van der Waals surface area contributed by atoms with Crippen molar-refractivity contribution in [3.63, 3.8) is 0 Å². The standard InChI is InChI=1S/C29H23FN6O2/c30-24-14-26(24)34-27(38)11-4-17-2-1-3-19(12-17)28-35-25-10-9-22(37)13-23(25)29(36-28)33-21-7-5-18(6-8-21)20-15-31-32-16-20/h1-13,15-16,24,26,37H,14H2,(H,31,32)(H,34,38)(H,33,35,36)/b11-4+. The van der Waals surface area contributed by atoms with Crippen molar-refractivity contribution in [1.29, 1.82) is 0 Å². The van der Waals surface area contributed by atoms with E-state index in [9.17, 15) is 14.3 Å². The topological polar surface area (TPSA) is 116 Å². The van der Waals surface area contributed by atoms with E-state index in [0.717, 1.165) is 27.9 Å². The fourth-order valence-electron chi connectivity index (χ4n) is 4.13. The summed E-state index contributed by atoms with van der Waals surface area (Å²) in [7, 11) is 0. The number of nitrogens with one attached hydrogen (secondary N) is 3. The minimum absolute atomic E-state index is 0.114. The highest BCUT2D eigenvalue weighted by Gasteiger charge is 2.38. The molecule has 0 spiro atoms. The van der Waals surface area contributed by atoms with Crippen LogP contribution in [0.2, 0.25) is 0 Å². The quantitative estimate of drug-likeness (QED) is 0.221. The number of alkyl halides is 1. The van der Waals surface area contributed by atoms with Gasteiger partial charge in [0.2, 0.25) is 5.91 Å². The lowest BCUT2D eigenvalue weighted by molar-refractivity contribution is -0.116. The highest BCUT2D eigenvalue weighted by atomic mass is 19.1. The Balaban J connectivity index is 1.30. The van der Waals surface area contributed by atoms with Crippen LogP contribution in [0.1, 0.15) is 12.0 Å². The van der Waals surface area contributed by atoms with Crippen molar-refractivity contribution >= 4 is 34.4 Å². The van der Waals surface area contributed by atoms with E-state index in [0.29, 0.717) is 29.0 Å². The van der Waals surface area contributed by atoms with Crippen LogP contribution in [0.15, 0.2) is 85.2 Å². The molecular weight excluding hydrogens is 483 g/mol. The van der Waals surface area contributed by atoms with Gasteiger partial charge >= 0.3 is 0 Å². The van der Waals surface area contributed by atoms with Crippen molar-refractivity contribution in [3.05, 3.63) is 90.8 Å². The van der Waals surface area contributed by atoms with Crippen LogP contribution >= 0.6 is 0 Å². The lowest BCUT2D eigenvalue weighted by Gasteiger charge is -2.12. The minimum atomic E-state index is -0.945. The predicted octanol–water partition coefficient (Wildman–Crippen LogP) is 5.38. The summed E-state index contributed by atoms with van der Waals surface area (Å²) in [5.41, 5.74) is 5.03. The van der Waals surface area contributed by atoms with E-state index in [-0.39, 0.29) is 17.7 Å². The van der Waals surface area contributed by atoms with E-state index < -0.39 is 6.17 Å². The summed E-state index contributed by atoms with van der Waals surface area (Å²) in [5.74, 6) is 0.816. The molecule has 2 heterocycles. The number of hydrogen-bond acceptors (Lipinski definition) is 6. The molecule has 38 heavy (non-hydrogen) atoms. The van der Waals surface area contributed by atoms with Crippen LogP contribution in [-0.2, 0) is 4.79 Å². The molecular formula is C29H23FN6O2. The van der Waals surface area contributed by atoms with Crippen molar-refractivity contribution in [3.8, 4) is 28.3 Å². The second kappa shape index (κ2) is 9.78. The van der Waals surface area contributed by atoms with Gasteiger partial charge in [-0.2, -0.15) is 5.10 Å². The molecule has 2 atom stereocenters. The highest BCUT2D eigenvalue weighted by molar-refractivity contribution is 5.94. The number of anilines is 2. The van der Waals surface area contributed by atoms with Gasteiger partial charge in [-0.25, -0.2) is 14.4 Å². The number of fused-ring (bicyclic) bond motifs is 1. The van der Waals surface area contributed by atoms with E-state index >= 15 is 0 Å². The maximum absolute atomic E-state index is 13.0. The molecule has 1 fully saturated rings. The molecule has 0 saturated heterocycles. The number of aromatic hydroxyl groups is 1. The van der Waals surface area contributed by atoms with Gasteiger partial charge in [0.05, 0.1) is 17.8 Å². The molecule has 9 heteroatoms. The number of aromatic amines is 1. The van der Waals surface area contributed by atoms with E-state index in [1.54, 1.807) is 30.5 Å². The number of aromatic nitrogens is 4. The molecule has 8 nitrogen and oxygen atoms in total. The molecule has 3 aromatic carbocycles. The first-order chi connectivity index (χ1) is 18.5. The van der Waals surface area contributed by atoms with E-state index in [1.807, 2.05) is 54.7 Å². The van der Waals surface area contributed by atoms with Gasteiger partial charge in [0.1, 0.15) is 17.7 Å². The van der Waals surface area contributed by atoms with Crippen LogP contribution in [0.25, 0.3) is 39.5 Å². The highest BCUT2D eigenvalue weighted by Crippen LogP contribution is 2.31. The van der Waals surface area contributed by atoms with Crippen molar-refractivity contribution in [2.75, 3.05) is 5.32 Å². The SMILES string of the molecule is O=C(/C=C/c1cccc(-c2nc(Nc3ccc(-c4cn[nH]c4)cc3)c3cc(O)ccc3n2)c1)NC1CC1F. The summed E-state index contributed by atoms with van der Waals surface area (Å²) in [6.45, 7) is 0. The Morgan fingerprint density at radius 1 is 1.03 bits per heavy atom. The molecule has 5 aromatic rings. The third-order valence-corrected chi connectivity index (χ3v) is 6.27. The fraction of sp³-hybridized carbons (Fsp3) is 0.103. The molecule has 1 aliphatic carbocycles. The normalized spacial score (nSPS) is 16.6. The van der Waals surface area contributed by atoms with E-state index in [2.05, 4.69) is 20.8 Å². The van der Waals surface area contributed by atoms with Gasteiger partial charge in [0.15, 0.2) is 5.82 Å². The summed E-state index contributed by atoms with van der Waals surface area (Å²) in [6.07, 6.45) is 6.09. The van der Waals surface area contributed by atoms with Crippen molar-refractivity contribution in [1.82, 2.24) is 25.5 Å². The molecule has 0 bridgehead atoms. The van der Waals surface area contributed by atoms with Gasteiger partial charge in [-0.1, -0.05) is 30.3 Å². The minimum Gasteiger partial charge on any atom is -0.508 e. The van der Waals surface area contributed by atoms with Crippen molar-refractivity contribution in [2.45, 2.75) is 18.6 Å². The fourth-order valence-corrected chi connectivity index (χ4v) is 4.13. The summed E-state index contributed by atoms with van der Waals surface area (Å²) in [6, 6.07) is 19.9. The molecule has 1 amide bonds. The van der Waals surface area contributed by atoms with Crippen LogP contribution in [0, 0.1) is 0 Å². The van der Waals surface area contributed by atoms with Gasteiger partial charge in [-0.15, -0.1) is 0 Å². The van der Waals surface area contributed by atoms with E-state index in [4.69, 9.17) is 9.97 Å².